The molecule has 0 aromatic heterocycles. The highest BCUT2D eigenvalue weighted by molar-refractivity contribution is 5.79. The normalized spacial score (nSPS) is 19.6. The van der Waals surface area contributed by atoms with Crippen molar-refractivity contribution >= 4 is 5.84 Å². The highest BCUT2D eigenvalue weighted by atomic mass is 16.4. The average molecular weight is 199 g/mol. The van der Waals surface area contributed by atoms with Crippen LogP contribution in [-0.2, 0) is 0 Å². The molecule has 82 valence electrons. The smallest absolute Gasteiger partial charge is 0.140 e. The summed E-state index contributed by atoms with van der Waals surface area (Å²) in [5.74, 6) is 0.304. The summed E-state index contributed by atoms with van der Waals surface area (Å²) >= 11 is 0. The van der Waals surface area contributed by atoms with Crippen LogP contribution in [0.15, 0.2) is 5.16 Å². The average Bonchev–Trinajstić information content (AvgIpc) is 2.93. The van der Waals surface area contributed by atoms with Crippen molar-refractivity contribution in [1.29, 1.82) is 0 Å². The van der Waals surface area contributed by atoms with Crippen LogP contribution in [0.5, 0.6) is 0 Å². The maximum Gasteiger partial charge on any atom is 0.140 e. The lowest BCUT2D eigenvalue weighted by Crippen LogP contribution is -2.28. The summed E-state index contributed by atoms with van der Waals surface area (Å²) < 4.78 is 0. The lowest BCUT2D eigenvalue weighted by Gasteiger charge is -2.14. The molecule has 0 aromatic rings. The van der Waals surface area contributed by atoms with E-state index in [-0.39, 0.29) is 0 Å². The molecule has 0 saturated heterocycles. The van der Waals surface area contributed by atoms with Crippen LogP contribution >= 0.6 is 0 Å². The van der Waals surface area contributed by atoms with Gasteiger partial charge in [0.2, 0.25) is 0 Å². The molecule has 14 heavy (non-hydrogen) atoms. The molecule has 0 aromatic carbocycles. The number of nitrogens with zero attached hydrogens (tertiary/aromatic N) is 1. The Kier molecular flexibility index (Phi) is 4.20. The Hall–Kier alpha value is -0.770. The zero-order chi connectivity index (χ0) is 10.4. The fourth-order valence-electron chi connectivity index (χ4n) is 1.84. The Morgan fingerprint density at radius 3 is 2.79 bits per heavy atom. The minimum Gasteiger partial charge on any atom is -0.409 e. The zero-order valence-electron chi connectivity index (χ0n) is 8.92. The summed E-state index contributed by atoms with van der Waals surface area (Å²) in [5, 5.41) is 14.6. The van der Waals surface area contributed by atoms with Crippen LogP contribution < -0.4 is 11.1 Å². The standard InChI is InChI=1S/C10H21N3O/c1-2-4-10(5-6-10)8-12-7-3-9(11)13-14/h12,14H,2-8H2,1H3,(H2,11,13). The van der Waals surface area contributed by atoms with E-state index in [1.165, 1.54) is 25.7 Å². The second-order valence-corrected chi connectivity index (χ2v) is 4.27. The molecule has 1 rings (SSSR count). The van der Waals surface area contributed by atoms with Gasteiger partial charge in [0.1, 0.15) is 5.84 Å². The molecule has 0 radical (unpaired) electrons. The molecule has 0 spiro atoms. The third kappa shape index (κ3) is 3.54. The molecule has 1 fully saturated rings. The van der Waals surface area contributed by atoms with Crippen LogP contribution in [0.1, 0.15) is 39.0 Å². The van der Waals surface area contributed by atoms with Gasteiger partial charge in [0.15, 0.2) is 0 Å². The van der Waals surface area contributed by atoms with Crippen LogP contribution in [0, 0.1) is 5.41 Å². The van der Waals surface area contributed by atoms with E-state index in [0.29, 0.717) is 17.7 Å². The topological polar surface area (TPSA) is 70.6 Å². The van der Waals surface area contributed by atoms with Gasteiger partial charge in [0.05, 0.1) is 0 Å². The van der Waals surface area contributed by atoms with Crippen molar-refractivity contribution in [3.05, 3.63) is 0 Å². The first kappa shape index (κ1) is 11.3. The van der Waals surface area contributed by atoms with E-state index >= 15 is 0 Å². The Morgan fingerprint density at radius 2 is 2.29 bits per heavy atom. The van der Waals surface area contributed by atoms with Gasteiger partial charge in [-0.2, -0.15) is 0 Å². The van der Waals surface area contributed by atoms with Gasteiger partial charge in [-0.05, 0) is 24.7 Å². The van der Waals surface area contributed by atoms with E-state index in [1.54, 1.807) is 0 Å². The van der Waals surface area contributed by atoms with Gasteiger partial charge in [0.25, 0.3) is 0 Å². The Bertz CT molecular complexity index is 200. The molecule has 4 N–H and O–H groups in total. The molecule has 1 aliphatic rings. The van der Waals surface area contributed by atoms with E-state index in [0.717, 1.165) is 13.1 Å². The van der Waals surface area contributed by atoms with Gasteiger partial charge < -0.3 is 16.3 Å². The van der Waals surface area contributed by atoms with Crippen LogP contribution in [0.25, 0.3) is 0 Å². The molecule has 4 heteroatoms. The Morgan fingerprint density at radius 1 is 1.57 bits per heavy atom. The van der Waals surface area contributed by atoms with Crippen molar-refractivity contribution in [2.45, 2.75) is 39.0 Å². The molecule has 0 atom stereocenters. The van der Waals surface area contributed by atoms with Crippen molar-refractivity contribution in [2.24, 2.45) is 16.3 Å². The van der Waals surface area contributed by atoms with E-state index in [4.69, 9.17) is 10.9 Å². The summed E-state index contributed by atoms with van der Waals surface area (Å²) in [4.78, 5) is 0. The van der Waals surface area contributed by atoms with Crippen LogP contribution in [0.4, 0.5) is 0 Å². The predicted molar refractivity (Wildman–Crippen MR) is 57.5 cm³/mol. The minimum atomic E-state index is 0.304. The third-order valence-electron chi connectivity index (χ3n) is 2.92. The second-order valence-electron chi connectivity index (χ2n) is 4.27. The summed E-state index contributed by atoms with van der Waals surface area (Å²) in [6, 6.07) is 0. The first-order valence-electron chi connectivity index (χ1n) is 5.39. The lowest BCUT2D eigenvalue weighted by molar-refractivity contribution is 0.316. The maximum atomic E-state index is 8.33. The third-order valence-corrected chi connectivity index (χ3v) is 2.92. The molecular formula is C10H21N3O. The molecule has 4 nitrogen and oxygen atoms in total. The number of nitrogens with two attached hydrogens (primary N) is 1. The summed E-state index contributed by atoms with van der Waals surface area (Å²) in [6.07, 6.45) is 5.93. The lowest BCUT2D eigenvalue weighted by atomic mass is 10.0. The summed E-state index contributed by atoms with van der Waals surface area (Å²) in [5.41, 5.74) is 5.94. The highest BCUT2D eigenvalue weighted by Crippen LogP contribution is 2.48. The Balaban J connectivity index is 2.04. The zero-order valence-corrected chi connectivity index (χ0v) is 8.92. The predicted octanol–water partition coefficient (Wildman–Crippen LogP) is 1.29. The minimum absolute atomic E-state index is 0.304. The van der Waals surface area contributed by atoms with Gasteiger partial charge in [0, 0.05) is 19.5 Å². The largest absolute Gasteiger partial charge is 0.409 e. The SMILES string of the molecule is CCCC1(CNCCC(N)=NO)CC1. The Labute approximate surface area is 85.6 Å². The maximum absolute atomic E-state index is 8.33. The monoisotopic (exact) mass is 199 g/mol. The number of hydrogen-bond donors (Lipinski definition) is 3. The van der Waals surface area contributed by atoms with Crippen LogP contribution in [-0.4, -0.2) is 24.1 Å². The number of nitrogens with one attached hydrogen (secondary N) is 1. The molecule has 0 unspecified atom stereocenters. The van der Waals surface area contributed by atoms with Gasteiger partial charge in [-0.25, -0.2) is 0 Å². The van der Waals surface area contributed by atoms with Gasteiger partial charge >= 0.3 is 0 Å². The van der Waals surface area contributed by atoms with Gasteiger partial charge in [-0.15, -0.1) is 0 Å². The summed E-state index contributed by atoms with van der Waals surface area (Å²) in [6.45, 7) is 4.12. The number of oxime groups is 1. The fraction of sp³-hybridized carbons (Fsp3) is 0.900. The van der Waals surface area contributed by atoms with Crippen LogP contribution in [0.2, 0.25) is 0 Å². The number of amidine groups is 1. The number of hydrogen-bond acceptors (Lipinski definition) is 3. The highest BCUT2D eigenvalue weighted by Gasteiger charge is 2.40. The molecular weight excluding hydrogens is 178 g/mol. The van der Waals surface area contributed by atoms with Crippen molar-refractivity contribution in [2.75, 3.05) is 13.1 Å². The van der Waals surface area contributed by atoms with Crippen molar-refractivity contribution < 1.29 is 5.21 Å². The van der Waals surface area contributed by atoms with Gasteiger partial charge in [-0.3, -0.25) is 0 Å². The fourth-order valence-corrected chi connectivity index (χ4v) is 1.84. The first-order valence-corrected chi connectivity index (χ1v) is 5.39. The quantitative estimate of drug-likeness (QED) is 0.190. The van der Waals surface area contributed by atoms with Crippen molar-refractivity contribution in [1.82, 2.24) is 5.32 Å². The van der Waals surface area contributed by atoms with Crippen LogP contribution in [0.3, 0.4) is 0 Å². The molecule has 0 bridgehead atoms. The number of rotatable bonds is 7. The summed E-state index contributed by atoms with van der Waals surface area (Å²) in [7, 11) is 0. The molecule has 1 aliphatic carbocycles. The van der Waals surface area contributed by atoms with Crippen molar-refractivity contribution in [3.8, 4) is 0 Å². The molecule has 0 heterocycles. The first-order chi connectivity index (χ1) is 6.72. The molecule has 0 aliphatic heterocycles. The van der Waals surface area contributed by atoms with E-state index in [2.05, 4.69) is 17.4 Å². The van der Waals surface area contributed by atoms with E-state index in [1.807, 2.05) is 0 Å². The van der Waals surface area contributed by atoms with Gasteiger partial charge in [-0.1, -0.05) is 18.5 Å². The molecule has 1 saturated carbocycles. The molecule has 0 amide bonds. The van der Waals surface area contributed by atoms with E-state index in [9.17, 15) is 0 Å². The second kappa shape index (κ2) is 5.20. The van der Waals surface area contributed by atoms with Crippen molar-refractivity contribution in [3.63, 3.8) is 0 Å². The van der Waals surface area contributed by atoms with E-state index < -0.39 is 0 Å².